The van der Waals surface area contributed by atoms with Crippen molar-refractivity contribution in [2.75, 3.05) is 6.61 Å². The Hall–Kier alpha value is -3.15. The Bertz CT molecular complexity index is 1010. The highest BCUT2D eigenvalue weighted by Gasteiger charge is 2.30. The molecular weight excluding hydrogens is 379 g/mol. The van der Waals surface area contributed by atoms with Crippen LogP contribution >= 0.6 is 0 Å². The lowest BCUT2D eigenvalue weighted by atomic mass is 9.93. The summed E-state index contributed by atoms with van der Waals surface area (Å²) in [5.41, 5.74) is 3.84. The molecule has 0 amide bonds. The van der Waals surface area contributed by atoms with E-state index in [-0.39, 0.29) is 19.0 Å². The highest BCUT2D eigenvalue weighted by atomic mass is 19.4. The molecular formula is C23H20F3NO2. The van der Waals surface area contributed by atoms with Crippen molar-refractivity contribution in [3.05, 3.63) is 77.5 Å². The van der Waals surface area contributed by atoms with E-state index in [0.29, 0.717) is 16.8 Å². The molecule has 3 aromatic rings. The number of carbonyl (C=O) groups excluding carboxylic acids is 1. The van der Waals surface area contributed by atoms with Gasteiger partial charge < -0.3 is 4.74 Å². The zero-order chi connectivity index (χ0) is 21.0. The van der Waals surface area contributed by atoms with Gasteiger partial charge in [0.25, 0.3) is 0 Å². The van der Waals surface area contributed by atoms with Crippen LogP contribution in [-0.4, -0.2) is 17.6 Å². The molecule has 6 heteroatoms. The molecule has 0 aliphatic rings. The van der Waals surface area contributed by atoms with Gasteiger partial charge in [0.2, 0.25) is 0 Å². The summed E-state index contributed by atoms with van der Waals surface area (Å²) in [5, 5.41) is 0. The van der Waals surface area contributed by atoms with Crippen LogP contribution in [-0.2, 0) is 22.1 Å². The maximum atomic E-state index is 12.9. The first-order chi connectivity index (χ1) is 13.8. The zero-order valence-electron chi connectivity index (χ0n) is 16.1. The molecule has 0 unspecified atom stereocenters. The van der Waals surface area contributed by atoms with Crippen LogP contribution in [0.1, 0.15) is 23.6 Å². The number of carbonyl (C=O) groups is 1. The third-order valence-electron chi connectivity index (χ3n) is 4.45. The number of esters is 1. The van der Waals surface area contributed by atoms with E-state index in [1.54, 1.807) is 19.2 Å². The number of nitrogens with zero attached hydrogens (tertiary/aromatic N) is 1. The van der Waals surface area contributed by atoms with Crippen molar-refractivity contribution in [2.45, 2.75) is 26.4 Å². The lowest BCUT2D eigenvalue weighted by Crippen LogP contribution is -2.07. The Morgan fingerprint density at radius 1 is 1.00 bits per heavy atom. The molecule has 1 aromatic heterocycles. The lowest BCUT2D eigenvalue weighted by molar-refractivity contribution is -0.142. The largest absolute Gasteiger partial charge is 0.466 e. The third-order valence-corrected chi connectivity index (χ3v) is 4.45. The summed E-state index contributed by atoms with van der Waals surface area (Å²) in [7, 11) is 0. The molecule has 3 nitrogen and oxygen atoms in total. The number of rotatable bonds is 5. The highest BCUT2D eigenvalue weighted by molar-refractivity contribution is 5.84. The Kier molecular flexibility index (Phi) is 6.01. The Labute approximate surface area is 167 Å². The predicted octanol–water partition coefficient (Wildman–Crippen LogP) is 5.85. The van der Waals surface area contributed by atoms with Crippen molar-refractivity contribution in [3.63, 3.8) is 0 Å². The molecule has 2 aromatic carbocycles. The molecule has 0 radical (unpaired) electrons. The molecule has 1 heterocycles. The van der Waals surface area contributed by atoms with Crippen LogP contribution in [0.2, 0.25) is 0 Å². The molecule has 0 spiro atoms. The number of alkyl halides is 3. The summed E-state index contributed by atoms with van der Waals surface area (Å²) in [6, 6.07) is 14.2. The number of benzene rings is 2. The van der Waals surface area contributed by atoms with Gasteiger partial charge in [-0.25, -0.2) is 0 Å². The lowest BCUT2D eigenvalue weighted by Gasteiger charge is -2.14. The average molecular weight is 399 g/mol. The first-order valence-corrected chi connectivity index (χ1v) is 9.17. The van der Waals surface area contributed by atoms with Gasteiger partial charge in [0.05, 0.1) is 24.3 Å². The number of ether oxygens (including phenoxy) is 1. The van der Waals surface area contributed by atoms with E-state index in [1.807, 2.05) is 31.2 Å². The van der Waals surface area contributed by atoms with Gasteiger partial charge in [-0.1, -0.05) is 24.3 Å². The third kappa shape index (κ3) is 5.02. The van der Waals surface area contributed by atoms with Gasteiger partial charge in [-0.05, 0) is 66.4 Å². The van der Waals surface area contributed by atoms with Crippen molar-refractivity contribution >= 4 is 5.97 Å². The van der Waals surface area contributed by atoms with E-state index < -0.39 is 11.7 Å². The Morgan fingerprint density at radius 2 is 1.72 bits per heavy atom. The first-order valence-electron chi connectivity index (χ1n) is 9.17. The van der Waals surface area contributed by atoms with Gasteiger partial charge >= 0.3 is 12.1 Å². The monoisotopic (exact) mass is 399 g/mol. The quantitative estimate of drug-likeness (QED) is 0.505. The molecule has 0 fully saturated rings. The minimum atomic E-state index is -4.40. The second kappa shape index (κ2) is 8.47. The van der Waals surface area contributed by atoms with Crippen molar-refractivity contribution in [1.82, 2.24) is 4.98 Å². The van der Waals surface area contributed by atoms with Crippen LogP contribution in [0.15, 0.2) is 60.8 Å². The van der Waals surface area contributed by atoms with E-state index in [2.05, 4.69) is 4.98 Å². The summed E-state index contributed by atoms with van der Waals surface area (Å²) in [6.07, 6.45) is -2.62. The van der Waals surface area contributed by atoms with Crippen LogP contribution in [0, 0.1) is 6.92 Å². The van der Waals surface area contributed by atoms with Crippen molar-refractivity contribution in [3.8, 4) is 22.4 Å². The van der Waals surface area contributed by atoms with E-state index in [9.17, 15) is 18.0 Å². The number of halogens is 3. The fourth-order valence-electron chi connectivity index (χ4n) is 3.06. The van der Waals surface area contributed by atoms with Crippen LogP contribution in [0.5, 0.6) is 0 Å². The van der Waals surface area contributed by atoms with Crippen LogP contribution < -0.4 is 0 Å². The second-order valence-electron chi connectivity index (χ2n) is 6.66. The van der Waals surface area contributed by atoms with Gasteiger partial charge in [-0.2, -0.15) is 13.2 Å². The smallest absolute Gasteiger partial charge is 0.416 e. The number of pyridine rings is 1. The fourth-order valence-corrected chi connectivity index (χ4v) is 3.06. The topological polar surface area (TPSA) is 39.2 Å². The minimum Gasteiger partial charge on any atom is -0.466 e. The summed E-state index contributed by atoms with van der Waals surface area (Å²) in [4.78, 5) is 16.3. The first kappa shape index (κ1) is 20.6. The zero-order valence-corrected chi connectivity index (χ0v) is 16.1. The molecule has 0 saturated heterocycles. The van der Waals surface area contributed by atoms with Crippen molar-refractivity contribution in [1.29, 1.82) is 0 Å². The van der Waals surface area contributed by atoms with Gasteiger partial charge in [-0.15, -0.1) is 0 Å². The average Bonchev–Trinajstić information content (AvgIpc) is 2.67. The molecule has 0 atom stereocenters. The molecule has 0 aliphatic carbocycles. The van der Waals surface area contributed by atoms with E-state index in [0.717, 1.165) is 28.8 Å². The summed E-state index contributed by atoms with van der Waals surface area (Å²) >= 11 is 0. The molecule has 3 rings (SSSR count). The molecule has 29 heavy (non-hydrogen) atoms. The number of hydrogen-bond donors (Lipinski definition) is 0. The summed E-state index contributed by atoms with van der Waals surface area (Å²) in [5.74, 6) is -0.354. The van der Waals surface area contributed by atoms with Gasteiger partial charge in [0, 0.05) is 11.8 Å². The summed E-state index contributed by atoms with van der Waals surface area (Å²) in [6.45, 7) is 3.96. The molecule has 150 valence electrons. The Balaban J connectivity index is 2.08. The maximum Gasteiger partial charge on any atom is 0.416 e. The molecule has 0 aliphatic heterocycles. The van der Waals surface area contributed by atoms with Gasteiger partial charge in [-0.3, -0.25) is 9.78 Å². The number of aryl methyl sites for hydroxylation is 1. The predicted molar refractivity (Wildman–Crippen MR) is 105 cm³/mol. The molecule has 0 bridgehead atoms. The van der Waals surface area contributed by atoms with Crippen LogP contribution in [0.25, 0.3) is 22.4 Å². The molecule has 0 N–H and O–H groups in total. The van der Waals surface area contributed by atoms with E-state index >= 15 is 0 Å². The van der Waals surface area contributed by atoms with E-state index in [4.69, 9.17) is 4.74 Å². The van der Waals surface area contributed by atoms with Gasteiger partial charge in [0.15, 0.2) is 0 Å². The minimum absolute atomic E-state index is 0.0863. The van der Waals surface area contributed by atoms with Crippen molar-refractivity contribution < 1.29 is 22.7 Å². The van der Waals surface area contributed by atoms with Crippen molar-refractivity contribution in [2.24, 2.45) is 0 Å². The highest BCUT2D eigenvalue weighted by Crippen LogP contribution is 2.35. The van der Waals surface area contributed by atoms with Gasteiger partial charge in [0.1, 0.15) is 0 Å². The number of aromatic nitrogens is 1. The Morgan fingerprint density at radius 3 is 2.34 bits per heavy atom. The fraction of sp³-hybridized carbons (Fsp3) is 0.217. The van der Waals surface area contributed by atoms with E-state index in [1.165, 1.54) is 12.1 Å². The SMILES string of the molecule is CCOC(=O)Cc1ccc(-c2cc(C)ccn2)c(-c2ccc(C(F)(F)F)cc2)c1. The van der Waals surface area contributed by atoms with Crippen LogP contribution in [0.3, 0.4) is 0 Å². The normalized spacial score (nSPS) is 11.3. The standard InChI is InChI=1S/C23H20F3NO2/c1-3-29-22(28)14-16-4-9-19(21-12-15(2)10-11-27-21)20(13-16)17-5-7-18(8-6-17)23(24,25)26/h4-13H,3,14H2,1-2H3. The molecule has 0 saturated carbocycles. The maximum absolute atomic E-state index is 12.9. The van der Waals surface area contributed by atoms with Crippen LogP contribution in [0.4, 0.5) is 13.2 Å². The summed E-state index contributed by atoms with van der Waals surface area (Å²) < 4.78 is 43.8. The number of hydrogen-bond acceptors (Lipinski definition) is 3. The second-order valence-corrected chi connectivity index (χ2v) is 6.66.